The average molecular weight is 318 g/mol. The summed E-state index contributed by atoms with van der Waals surface area (Å²) in [6.07, 6.45) is 0. The Hall–Kier alpha value is -1.25. The van der Waals surface area contributed by atoms with E-state index in [9.17, 15) is 13.2 Å². The summed E-state index contributed by atoms with van der Waals surface area (Å²) in [6, 6.07) is 7.24. The first-order valence-electron chi connectivity index (χ1n) is 5.84. The van der Waals surface area contributed by atoms with Gasteiger partial charge in [-0.05, 0) is 18.2 Å². The number of thioether (sulfide) groups is 1. The summed E-state index contributed by atoms with van der Waals surface area (Å²) in [4.78, 5) is 12.0. The molecule has 1 rings (SSSR count). The summed E-state index contributed by atoms with van der Waals surface area (Å²) in [6.45, 7) is -0.276. The molecule has 0 spiro atoms. The Labute approximate surface area is 123 Å². The Bertz CT molecular complexity index is 560. The van der Waals surface area contributed by atoms with Gasteiger partial charge in [-0.15, -0.1) is 11.8 Å². The number of rotatable bonds is 7. The van der Waals surface area contributed by atoms with Crippen molar-refractivity contribution in [3.63, 3.8) is 0 Å². The summed E-state index contributed by atoms with van der Waals surface area (Å²) in [5.74, 6) is -0.253. The molecule has 0 unspecified atom stereocenters. The van der Waals surface area contributed by atoms with Crippen molar-refractivity contribution in [2.24, 2.45) is 0 Å². The van der Waals surface area contributed by atoms with Crippen molar-refractivity contribution in [1.29, 1.82) is 0 Å². The van der Waals surface area contributed by atoms with Crippen LogP contribution in [0.2, 0.25) is 0 Å². The van der Waals surface area contributed by atoms with E-state index in [1.54, 1.807) is 12.1 Å². The van der Waals surface area contributed by atoms with Crippen LogP contribution in [0, 0.1) is 0 Å². The lowest BCUT2D eigenvalue weighted by Gasteiger charge is -2.15. The van der Waals surface area contributed by atoms with Crippen molar-refractivity contribution in [3.05, 3.63) is 24.3 Å². The largest absolute Gasteiger partial charge is 0.468 e. The number of carbonyl (C=O) groups excluding carboxylic acids is 1. The minimum atomic E-state index is -3.47. The molecule has 0 fully saturated rings. The van der Waals surface area contributed by atoms with Crippen LogP contribution in [0.3, 0.4) is 0 Å². The Balaban J connectivity index is 2.49. The second-order valence-corrected chi connectivity index (χ2v) is 7.43. The van der Waals surface area contributed by atoms with E-state index in [2.05, 4.69) is 4.74 Å². The molecule has 0 aliphatic carbocycles. The molecule has 112 valence electrons. The first kappa shape index (κ1) is 16.8. The van der Waals surface area contributed by atoms with Crippen LogP contribution in [0.5, 0.6) is 0 Å². The third-order valence-electron chi connectivity index (χ3n) is 2.52. The summed E-state index contributed by atoms with van der Waals surface area (Å²) in [7, 11) is -0.886. The van der Waals surface area contributed by atoms with E-state index >= 15 is 0 Å². The van der Waals surface area contributed by atoms with Crippen LogP contribution >= 0.6 is 11.8 Å². The molecule has 0 aliphatic heterocycles. The van der Waals surface area contributed by atoms with E-state index in [1.807, 2.05) is 12.1 Å². The maximum atomic E-state index is 11.9. The SMILES string of the molecule is COC(=O)CN(C)S(=O)(=O)CCSc1cccc(N)c1. The van der Waals surface area contributed by atoms with Gasteiger partial charge in [0.1, 0.15) is 6.54 Å². The molecule has 0 saturated carbocycles. The fourth-order valence-electron chi connectivity index (χ4n) is 1.37. The number of hydrogen-bond acceptors (Lipinski definition) is 6. The van der Waals surface area contributed by atoms with Gasteiger partial charge in [-0.3, -0.25) is 4.79 Å². The topological polar surface area (TPSA) is 89.7 Å². The van der Waals surface area contributed by atoms with E-state index < -0.39 is 16.0 Å². The Morgan fingerprint density at radius 1 is 1.45 bits per heavy atom. The number of nitrogens with two attached hydrogens (primary N) is 1. The van der Waals surface area contributed by atoms with Crippen LogP contribution < -0.4 is 5.73 Å². The second-order valence-electron chi connectivity index (χ2n) is 4.07. The number of ether oxygens (including phenoxy) is 1. The zero-order valence-corrected chi connectivity index (χ0v) is 13.0. The highest BCUT2D eigenvalue weighted by molar-refractivity contribution is 8.00. The van der Waals surface area contributed by atoms with Crippen molar-refractivity contribution < 1.29 is 17.9 Å². The fraction of sp³-hybridized carbons (Fsp3) is 0.417. The second kappa shape index (κ2) is 7.51. The predicted octanol–water partition coefficient (Wildman–Crippen LogP) is 0.795. The predicted molar refractivity (Wildman–Crippen MR) is 80.0 cm³/mol. The first-order valence-corrected chi connectivity index (χ1v) is 8.44. The van der Waals surface area contributed by atoms with Crippen LogP contribution in [-0.2, 0) is 19.6 Å². The van der Waals surface area contributed by atoms with E-state index in [0.717, 1.165) is 9.20 Å². The van der Waals surface area contributed by atoms with E-state index in [-0.39, 0.29) is 12.3 Å². The monoisotopic (exact) mass is 318 g/mol. The van der Waals surface area contributed by atoms with Crippen LogP contribution in [0.25, 0.3) is 0 Å². The van der Waals surface area contributed by atoms with Crippen LogP contribution in [-0.4, -0.2) is 50.9 Å². The smallest absolute Gasteiger partial charge is 0.320 e. The number of nitrogens with zero attached hydrogens (tertiary/aromatic N) is 1. The Morgan fingerprint density at radius 2 is 2.15 bits per heavy atom. The maximum Gasteiger partial charge on any atom is 0.320 e. The minimum absolute atomic E-state index is 0.0556. The molecule has 20 heavy (non-hydrogen) atoms. The Kier molecular flexibility index (Phi) is 6.31. The van der Waals surface area contributed by atoms with Crippen molar-refractivity contribution in [3.8, 4) is 0 Å². The van der Waals surface area contributed by atoms with Crippen LogP contribution in [0.15, 0.2) is 29.2 Å². The van der Waals surface area contributed by atoms with Gasteiger partial charge in [0, 0.05) is 23.4 Å². The highest BCUT2D eigenvalue weighted by Crippen LogP contribution is 2.20. The maximum absolute atomic E-state index is 11.9. The first-order chi connectivity index (χ1) is 9.35. The fourth-order valence-corrected chi connectivity index (χ4v) is 3.79. The van der Waals surface area contributed by atoms with Gasteiger partial charge in [-0.1, -0.05) is 6.07 Å². The number of sulfonamides is 1. The van der Waals surface area contributed by atoms with E-state index in [4.69, 9.17) is 5.73 Å². The molecule has 0 aromatic heterocycles. The van der Waals surface area contributed by atoms with Crippen molar-refractivity contribution in [2.75, 3.05) is 37.9 Å². The van der Waals surface area contributed by atoms with Crippen molar-refractivity contribution in [2.45, 2.75) is 4.90 Å². The standard InChI is InChI=1S/C12H18N2O4S2/c1-14(9-12(15)18-2)20(16,17)7-6-19-11-5-3-4-10(13)8-11/h3-5,8H,6-7,9,13H2,1-2H3. The molecule has 8 heteroatoms. The lowest BCUT2D eigenvalue weighted by Crippen LogP contribution is -2.34. The van der Waals surface area contributed by atoms with Gasteiger partial charge >= 0.3 is 5.97 Å². The highest BCUT2D eigenvalue weighted by Gasteiger charge is 2.20. The molecular weight excluding hydrogens is 300 g/mol. The molecule has 2 N–H and O–H groups in total. The Morgan fingerprint density at radius 3 is 2.75 bits per heavy atom. The van der Waals surface area contributed by atoms with Crippen LogP contribution in [0.1, 0.15) is 0 Å². The molecule has 0 amide bonds. The van der Waals surface area contributed by atoms with Gasteiger partial charge in [0.15, 0.2) is 0 Å². The summed E-state index contributed by atoms with van der Waals surface area (Å²) in [5, 5.41) is 0. The number of anilines is 1. The summed E-state index contributed by atoms with van der Waals surface area (Å²) < 4.78 is 29.3. The van der Waals surface area contributed by atoms with Crippen molar-refractivity contribution in [1.82, 2.24) is 4.31 Å². The number of methoxy groups -OCH3 is 1. The highest BCUT2D eigenvalue weighted by atomic mass is 32.2. The zero-order valence-electron chi connectivity index (χ0n) is 11.4. The molecule has 0 bridgehead atoms. The van der Waals surface area contributed by atoms with Crippen molar-refractivity contribution >= 4 is 33.4 Å². The summed E-state index contributed by atoms with van der Waals surface area (Å²) >= 11 is 1.40. The van der Waals surface area contributed by atoms with E-state index in [0.29, 0.717) is 11.4 Å². The van der Waals surface area contributed by atoms with E-state index in [1.165, 1.54) is 25.9 Å². The number of hydrogen-bond donors (Lipinski definition) is 1. The number of benzene rings is 1. The third-order valence-corrected chi connectivity index (χ3v) is 5.58. The number of carbonyl (C=O) groups is 1. The molecule has 6 nitrogen and oxygen atoms in total. The molecule has 1 aromatic carbocycles. The van der Waals surface area contributed by atoms with Gasteiger partial charge in [-0.25, -0.2) is 8.42 Å². The lowest BCUT2D eigenvalue weighted by molar-refractivity contribution is -0.140. The van der Waals surface area contributed by atoms with Gasteiger partial charge in [0.05, 0.1) is 12.9 Å². The van der Waals surface area contributed by atoms with Gasteiger partial charge in [0.2, 0.25) is 10.0 Å². The molecular formula is C12H18N2O4S2. The minimum Gasteiger partial charge on any atom is -0.468 e. The molecule has 0 heterocycles. The van der Waals surface area contributed by atoms with Gasteiger partial charge in [0.25, 0.3) is 0 Å². The molecule has 0 atom stereocenters. The molecule has 0 saturated heterocycles. The quantitative estimate of drug-likeness (QED) is 0.454. The van der Waals surface area contributed by atoms with Gasteiger partial charge < -0.3 is 10.5 Å². The lowest BCUT2D eigenvalue weighted by atomic mass is 10.3. The molecule has 0 radical (unpaired) electrons. The third kappa shape index (κ3) is 5.40. The normalized spacial score (nSPS) is 11.6. The number of nitrogen functional groups attached to an aromatic ring is 1. The summed E-state index contributed by atoms with van der Waals surface area (Å²) in [5.41, 5.74) is 6.28. The van der Waals surface area contributed by atoms with Crippen LogP contribution in [0.4, 0.5) is 5.69 Å². The number of esters is 1. The number of likely N-dealkylation sites (N-methyl/N-ethyl adjacent to an activating group) is 1. The average Bonchev–Trinajstić information content (AvgIpc) is 2.38. The molecule has 1 aromatic rings. The van der Waals surface area contributed by atoms with Gasteiger partial charge in [-0.2, -0.15) is 4.31 Å². The molecule has 0 aliphatic rings. The zero-order chi connectivity index (χ0) is 15.2.